The smallest absolute Gasteiger partial charge is 0.199 e. The summed E-state index contributed by atoms with van der Waals surface area (Å²) >= 11 is 3.55. The molecule has 0 fully saturated rings. The fraction of sp³-hybridized carbons (Fsp3) is 0.455. The van der Waals surface area contributed by atoms with E-state index in [4.69, 9.17) is 0 Å². The zero-order valence-corrected chi connectivity index (χ0v) is 12.0. The molecule has 0 atom stereocenters. The quantitative estimate of drug-likeness (QED) is 0.886. The van der Waals surface area contributed by atoms with Gasteiger partial charge in [0.15, 0.2) is 11.6 Å². The number of aromatic nitrogens is 5. The highest BCUT2D eigenvalue weighted by Gasteiger charge is 2.13. The van der Waals surface area contributed by atoms with E-state index in [0.717, 1.165) is 35.4 Å². The monoisotopic (exact) mass is 310 g/mol. The zero-order valence-electron chi connectivity index (χ0n) is 10.4. The van der Waals surface area contributed by atoms with Crippen molar-refractivity contribution in [2.24, 2.45) is 0 Å². The van der Waals surface area contributed by atoms with E-state index in [9.17, 15) is 0 Å². The van der Waals surface area contributed by atoms with Gasteiger partial charge in [-0.2, -0.15) is 5.10 Å². The standard InChI is InChI=1S/C11H15BrN6/c1-3-5-7-8(12)9(13-4-2)17-11(16-7)10-14-6-15-18-10/h6H,3-5H2,1-2H3,(H,13,16,17)(H,14,15,18). The van der Waals surface area contributed by atoms with Gasteiger partial charge in [0.05, 0.1) is 10.2 Å². The summed E-state index contributed by atoms with van der Waals surface area (Å²) in [5.74, 6) is 1.94. The van der Waals surface area contributed by atoms with Crippen LogP contribution in [0.25, 0.3) is 11.6 Å². The Balaban J connectivity index is 2.47. The lowest BCUT2D eigenvalue weighted by Gasteiger charge is -2.10. The van der Waals surface area contributed by atoms with Gasteiger partial charge in [0.1, 0.15) is 12.1 Å². The van der Waals surface area contributed by atoms with Crippen LogP contribution in [0.1, 0.15) is 26.0 Å². The van der Waals surface area contributed by atoms with Gasteiger partial charge < -0.3 is 5.32 Å². The van der Waals surface area contributed by atoms with Crippen molar-refractivity contribution in [3.63, 3.8) is 0 Å². The predicted molar refractivity (Wildman–Crippen MR) is 73.3 cm³/mol. The molecule has 2 aromatic rings. The number of hydrogen-bond acceptors (Lipinski definition) is 5. The van der Waals surface area contributed by atoms with Crippen LogP contribution in [0, 0.1) is 0 Å². The van der Waals surface area contributed by atoms with Gasteiger partial charge >= 0.3 is 0 Å². The van der Waals surface area contributed by atoms with Gasteiger partial charge in [0.2, 0.25) is 0 Å². The van der Waals surface area contributed by atoms with E-state index in [1.165, 1.54) is 6.33 Å². The summed E-state index contributed by atoms with van der Waals surface area (Å²) in [6.45, 7) is 4.95. The summed E-state index contributed by atoms with van der Waals surface area (Å²) in [7, 11) is 0. The summed E-state index contributed by atoms with van der Waals surface area (Å²) < 4.78 is 0.925. The van der Waals surface area contributed by atoms with Gasteiger partial charge in [-0.15, -0.1) is 0 Å². The van der Waals surface area contributed by atoms with Gasteiger partial charge in [-0.25, -0.2) is 15.0 Å². The van der Waals surface area contributed by atoms with E-state index in [2.05, 4.69) is 53.3 Å². The Morgan fingerprint density at radius 3 is 2.78 bits per heavy atom. The van der Waals surface area contributed by atoms with Crippen molar-refractivity contribution in [3.8, 4) is 11.6 Å². The van der Waals surface area contributed by atoms with Crippen molar-refractivity contribution in [1.29, 1.82) is 0 Å². The minimum absolute atomic E-state index is 0.565. The first-order valence-corrected chi connectivity index (χ1v) is 6.71. The van der Waals surface area contributed by atoms with Crippen molar-refractivity contribution in [2.45, 2.75) is 26.7 Å². The zero-order chi connectivity index (χ0) is 13.0. The molecule has 96 valence electrons. The molecule has 0 aliphatic carbocycles. The molecule has 0 amide bonds. The average molecular weight is 311 g/mol. The van der Waals surface area contributed by atoms with Gasteiger partial charge in [-0.05, 0) is 29.3 Å². The van der Waals surface area contributed by atoms with Crippen LogP contribution >= 0.6 is 15.9 Å². The molecule has 0 saturated carbocycles. The van der Waals surface area contributed by atoms with Crippen molar-refractivity contribution in [3.05, 3.63) is 16.5 Å². The summed E-state index contributed by atoms with van der Waals surface area (Å²) in [5.41, 5.74) is 0.981. The SMILES string of the molecule is CCCc1nc(-c2ncn[nH]2)nc(NCC)c1Br. The Hall–Kier alpha value is -1.50. The molecule has 0 saturated heterocycles. The van der Waals surface area contributed by atoms with Crippen LogP contribution in [-0.2, 0) is 6.42 Å². The molecule has 18 heavy (non-hydrogen) atoms. The van der Waals surface area contributed by atoms with Crippen molar-refractivity contribution >= 4 is 21.7 Å². The fourth-order valence-corrected chi connectivity index (χ4v) is 2.12. The molecular formula is C11H15BrN6. The number of hydrogen-bond donors (Lipinski definition) is 2. The van der Waals surface area contributed by atoms with Crippen LogP contribution < -0.4 is 5.32 Å². The molecule has 7 heteroatoms. The minimum Gasteiger partial charge on any atom is -0.369 e. The van der Waals surface area contributed by atoms with Gasteiger partial charge in [-0.3, -0.25) is 5.10 Å². The predicted octanol–water partition coefficient (Wildman–Crippen LogP) is 2.41. The lowest BCUT2D eigenvalue weighted by atomic mass is 10.2. The minimum atomic E-state index is 0.565. The van der Waals surface area contributed by atoms with E-state index in [0.29, 0.717) is 11.6 Å². The number of aryl methyl sites for hydroxylation is 1. The molecule has 0 aliphatic rings. The Morgan fingerprint density at radius 2 is 2.17 bits per heavy atom. The van der Waals surface area contributed by atoms with Crippen LogP contribution in [0.3, 0.4) is 0 Å². The molecule has 2 N–H and O–H groups in total. The molecule has 0 unspecified atom stereocenters. The van der Waals surface area contributed by atoms with E-state index in [1.54, 1.807) is 0 Å². The Morgan fingerprint density at radius 1 is 1.33 bits per heavy atom. The first kappa shape index (κ1) is 12.9. The third-order valence-electron chi connectivity index (χ3n) is 2.38. The highest BCUT2D eigenvalue weighted by atomic mass is 79.9. The molecular weight excluding hydrogens is 296 g/mol. The second-order valence-electron chi connectivity index (χ2n) is 3.77. The Kier molecular flexibility index (Phi) is 4.24. The summed E-state index contributed by atoms with van der Waals surface area (Å²) in [6.07, 6.45) is 3.37. The molecule has 0 radical (unpaired) electrons. The number of H-pyrrole nitrogens is 1. The number of rotatable bonds is 5. The van der Waals surface area contributed by atoms with Crippen molar-refractivity contribution < 1.29 is 0 Å². The number of nitrogens with zero attached hydrogens (tertiary/aromatic N) is 4. The largest absolute Gasteiger partial charge is 0.369 e. The molecule has 0 bridgehead atoms. The molecule has 0 spiro atoms. The normalized spacial score (nSPS) is 10.6. The topological polar surface area (TPSA) is 79.4 Å². The molecule has 2 rings (SSSR count). The maximum atomic E-state index is 4.52. The maximum absolute atomic E-state index is 4.52. The number of anilines is 1. The van der Waals surface area contributed by atoms with Crippen LogP contribution in [-0.4, -0.2) is 31.7 Å². The number of halogens is 1. The number of nitrogens with one attached hydrogen (secondary N) is 2. The van der Waals surface area contributed by atoms with Crippen LogP contribution in [0.4, 0.5) is 5.82 Å². The lowest BCUT2D eigenvalue weighted by molar-refractivity contribution is 0.864. The van der Waals surface area contributed by atoms with E-state index >= 15 is 0 Å². The highest BCUT2D eigenvalue weighted by Crippen LogP contribution is 2.26. The first-order valence-electron chi connectivity index (χ1n) is 5.92. The van der Waals surface area contributed by atoms with Crippen molar-refractivity contribution in [2.75, 3.05) is 11.9 Å². The lowest BCUT2D eigenvalue weighted by Crippen LogP contribution is -2.06. The summed E-state index contributed by atoms with van der Waals surface area (Å²) in [4.78, 5) is 13.0. The molecule has 6 nitrogen and oxygen atoms in total. The molecule has 0 aromatic carbocycles. The Labute approximate surface area is 114 Å². The number of aromatic amines is 1. The second kappa shape index (κ2) is 5.90. The third kappa shape index (κ3) is 2.66. The highest BCUT2D eigenvalue weighted by molar-refractivity contribution is 9.10. The Bertz CT molecular complexity index is 483. The average Bonchev–Trinajstić information content (AvgIpc) is 2.88. The molecule has 2 heterocycles. The maximum Gasteiger partial charge on any atom is 0.199 e. The van der Waals surface area contributed by atoms with Gasteiger partial charge in [0.25, 0.3) is 0 Å². The molecule has 2 aromatic heterocycles. The fourth-order valence-electron chi connectivity index (χ4n) is 1.60. The third-order valence-corrected chi connectivity index (χ3v) is 3.21. The van der Waals surface area contributed by atoms with Gasteiger partial charge in [0, 0.05) is 6.54 Å². The van der Waals surface area contributed by atoms with E-state index < -0.39 is 0 Å². The summed E-state index contributed by atoms with van der Waals surface area (Å²) in [5, 5.41) is 9.82. The van der Waals surface area contributed by atoms with E-state index in [1.807, 2.05) is 6.92 Å². The molecule has 0 aliphatic heterocycles. The second-order valence-corrected chi connectivity index (χ2v) is 4.56. The first-order chi connectivity index (χ1) is 8.76. The van der Waals surface area contributed by atoms with Crippen LogP contribution in [0.2, 0.25) is 0 Å². The van der Waals surface area contributed by atoms with Crippen molar-refractivity contribution in [1.82, 2.24) is 25.1 Å². The van der Waals surface area contributed by atoms with E-state index in [-0.39, 0.29) is 0 Å². The van der Waals surface area contributed by atoms with Gasteiger partial charge in [-0.1, -0.05) is 13.3 Å². The van der Waals surface area contributed by atoms with Crippen LogP contribution in [0.5, 0.6) is 0 Å². The summed E-state index contributed by atoms with van der Waals surface area (Å²) in [6, 6.07) is 0. The van der Waals surface area contributed by atoms with Crippen LogP contribution in [0.15, 0.2) is 10.8 Å².